The molecule has 1 spiro atoms. The number of nitrogens with one attached hydrogen (secondary N) is 2. The highest BCUT2D eigenvalue weighted by atomic mass is 19.2. The second kappa shape index (κ2) is 15.7. The van der Waals surface area contributed by atoms with Crippen molar-refractivity contribution in [3.05, 3.63) is 87.7 Å². The molecule has 1 saturated carbocycles. The molecule has 14 nitrogen and oxygen atoms in total. The van der Waals surface area contributed by atoms with Crippen molar-refractivity contribution in [1.29, 1.82) is 0 Å². The number of carbonyl (C=O) groups excluding carboxylic acids is 3. The molecule has 1 atom stereocenters. The quantitative estimate of drug-likeness (QED) is 0.137. The summed E-state index contributed by atoms with van der Waals surface area (Å²) < 4.78 is 53.1. The molecular weight excluding hydrogens is 782 g/mol. The summed E-state index contributed by atoms with van der Waals surface area (Å²) in [6, 6.07) is 12.3. The van der Waals surface area contributed by atoms with Crippen LogP contribution >= 0.6 is 0 Å². The molecule has 3 aliphatic heterocycles. The van der Waals surface area contributed by atoms with Crippen LogP contribution in [0.1, 0.15) is 73.0 Å². The molecule has 60 heavy (non-hydrogen) atoms. The molecule has 316 valence electrons. The molecule has 0 unspecified atom stereocenters. The first-order valence-corrected chi connectivity index (χ1v) is 20.6. The Morgan fingerprint density at radius 2 is 1.78 bits per heavy atom. The maximum atomic E-state index is 14.2. The first kappa shape index (κ1) is 39.8. The summed E-state index contributed by atoms with van der Waals surface area (Å²) in [4.78, 5) is 54.7. The minimum atomic E-state index is -1.78. The van der Waals surface area contributed by atoms with Gasteiger partial charge in [0.15, 0.2) is 17.4 Å². The maximum Gasteiger partial charge on any atom is 0.329 e. The number of phenols is 1. The second-order valence-corrected chi connectivity index (χ2v) is 16.9. The Kier molecular flexibility index (Phi) is 10.4. The van der Waals surface area contributed by atoms with E-state index in [9.17, 15) is 37.5 Å². The Labute approximate surface area is 342 Å². The van der Waals surface area contributed by atoms with Gasteiger partial charge in [0, 0.05) is 50.4 Å². The number of hydrogen-bond donors (Lipinski definition) is 3. The zero-order valence-electron chi connectivity index (χ0n) is 33.3. The van der Waals surface area contributed by atoms with Gasteiger partial charge in [0.2, 0.25) is 17.6 Å². The van der Waals surface area contributed by atoms with Gasteiger partial charge in [0.05, 0.1) is 47.9 Å². The molecule has 0 bridgehead atoms. The number of halogens is 3. The lowest BCUT2D eigenvalue weighted by Crippen LogP contribution is -2.70. The number of fused-ring (bicyclic) bond motifs is 2. The van der Waals surface area contributed by atoms with Crippen LogP contribution in [0.15, 0.2) is 53.5 Å². The third-order valence-corrected chi connectivity index (χ3v) is 12.9. The first-order valence-electron chi connectivity index (χ1n) is 20.6. The van der Waals surface area contributed by atoms with Crippen LogP contribution in [0.3, 0.4) is 0 Å². The van der Waals surface area contributed by atoms with E-state index in [4.69, 9.17) is 9.84 Å². The lowest BCUT2D eigenvalue weighted by molar-refractivity contribution is -0.135. The predicted octanol–water partition coefficient (Wildman–Crippen LogP) is 4.48. The molecule has 4 fully saturated rings. The highest BCUT2D eigenvalue weighted by molar-refractivity contribution is 6.00. The van der Waals surface area contributed by atoms with Gasteiger partial charge in [0.25, 0.3) is 5.91 Å². The number of aryl methyl sites for hydroxylation is 2. The molecule has 5 aromatic rings. The number of benzene rings is 3. The number of rotatable bonds is 10. The summed E-state index contributed by atoms with van der Waals surface area (Å²) in [6.07, 6.45) is 7.61. The molecule has 5 heterocycles. The molecular formula is C43H47F3N8O6. The van der Waals surface area contributed by atoms with Crippen molar-refractivity contribution in [2.75, 3.05) is 50.8 Å². The highest BCUT2D eigenvalue weighted by Crippen LogP contribution is 2.37. The standard InChI is InChI=1S/C43H47F3N8O6/c1-50-35-17-25(6-11-33(35)54(42(50)59)34-12-13-36(55)48-41(34)58)3-2-14-51-15-16-60-43(22-51)23-52(24-43)29-10-7-27-21-53(49-32(27)18-29)28-8-4-26(5-9-28)20-47-40(57)30-19-31(44)39(56)38(46)37(30)45/h6-7,10-11,17-19,21,26,28,34,56H,2-5,8-9,12-16,20,22-24H2,1H3,(H,47,57)(H,48,55,58)/t26?,28?,34-/m1/s1. The Hall–Kier alpha value is -5.68. The predicted molar refractivity (Wildman–Crippen MR) is 215 cm³/mol. The van der Waals surface area contributed by atoms with Gasteiger partial charge in [0.1, 0.15) is 11.6 Å². The van der Waals surface area contributed by atoms with E-state index in [0.29, 0.717) is 24.6 Å². The number of ether oxygens (including phenoxy) is 1. The molecule has 3 N–H and O–H groups in total. The normalized spacial score (nSPS) is 22.1. The van der Waals surface area contributed by atoms with Crippen LogP contribution in [0.25, 0.3) is 21.9 Å². The summed E-state index contributed by atoms with van der Waals surface area (Å²) in [5.74, 6) is -7.76. The van der Waals surface area contributed by atoms with Crippen LogP contribution in [0.5, 0.6) is 5.75 Å². The van der Waals surface area contributed by atoms with Crippen molar-refractivity contribution in [2.24, 2.45) is 13.0 Å². The second-order valence-electron chi connectivity index (χ2n) is 16.9. The minimum Gasteiger partial charge on any atom is -0.503 e. The Bertz CT molecular complexity index is 2570. The van der Waals surface area contributed by atoms with Crippen LogP contribution in [0.2, 0.25) is 0 Å². The van der Waals surface area contributed by atoms with Crippen molar-refractivity contribution in [1.82, 2.24) is 34.4 Å². The monoisotopic (exact) mass is 828 g/mol. The number of aromatic nitrogens is 4. The molecule has 9 rings (SSSR count). The number of hydrogen-bond acceptors (Lipinski definition) is 9. The highest BCUT2D eigenvalue weighted by Gasteiger charge is 2.47. The van der Waals surface area contributed by atoms with Crippen molar-refractivity contribution < 1.29 is 37.4 Å². The van der Waals surface area contributed by atoms with E-state index in [1.54, 1.807) is 11.6 Å². The van der Waals surface area contributed by atoms with Crippen molar-refractivity contribution in [3.8, 4) is 5.75 Å². The zero-order valence-corrected chi connectivity index (χ0v) is 33.3. The van der Waals surface area contributed by atoms with E-state index >= 15 is 0 Å². The summed E-state index contributed by atoms with van der Waals surface area (Å²) in [5, 5.41) is 20.2. The summed E-state index contributed by atoms with van der Waals surface area (Å²) in [7, 11) is 1.71. The van der Waals surface area contributed by atoms with E-state index in [1.165, 1.54) is 4.57 Å². The van der Waals surface area contributed by atoms with Crippen LogP contribution < -0.4 is 21.2 Å². The van der Waals surface area contributed by atoms with Gasteiger partial charge in [-0.05, 0) is 99.4 Å². The lowest BCUT2D eigenvalue weighted by Gasteiger charge is -2.54. The van der Waals surface area contributed by atoms with Crippen LogP contribution in [-0.4, -0.2) is 98.1 Å². The van der Waals surface area contributed by atoms with E-state index in [2.05, 4.69) is 44.8 Å². The molecule has 3 saturated heterocycles. The van der Waals surface area contributed by atoms with Crippen LogP contribution in [0, 0.1) is 23.4 Å². The number of amides is 3. The molecule has 2 aromatic heterocycles. The minimum absolute atomic E-state index is 0.120. The SMILES string of the molecule is Cn1c(=O)n([C@@H]2CCC(=O)NC2=O)c2ccc(CCCN3CCOC4(C3)CN(c3ccc5cn(C6CCC(CNC(=O)c7cc(F)c(O)c(F)c7F)CC6)nc5c3)C4)cc21. The van der Waals surface area contributed by atoms with Crippen LogP contribution in [0.4, 0.5) is 18.9 Å². The average molecular weight is 829 g/mol. The van der Waals surface area contributed by atoms with E-state index in [0.717, 1.165) is 98.9 Å². The number of imidazole rings is 1. The fraction of sp³-hybridized carbons (Fsp3) is 0.465. The maximum absolute atomic E-state index is 14.2. The number of carbonyl (C=O) groups is 3. The smallest absolute Gasteiger partial charge is 0.329 e. The van der Waals surface area contributed by atoms with Gasteiger partial charge in [-0.1, -0.05) is 6.07 Å². The van der Waals surface area contributed by atoms with Gasteiger partial charge in [-0.3, -0.25) is 38.4 Å². The Morgan fingerprint density at radius 1 is 0.983 bits per heavy atom. The van der Waals surface area contributed by atoms with Crippen molar-refractivity contribution in [3.63, 3.8) is 0 Å². The zero-order chi connectivity index (χ0) is 41.9. The van der Waals surface area contributed by atoms with Crippen molar-refractivity contribution in [2.45, 2.75) is 69.1 Å². The number of imide groups is 1. The Balaban J connectivity index is 0.751. The van der Waals surface area contributed by atoms with E-state index in [-0.39, 0.29) is 42.1 Å². The average Bonchev–Trinajstić information content (AvgIpc) is 3.77. The third kappa shape index (κ3) is 7.42. The van der Waals surface area contributed by atoms with Gasteiger partial charge in [-0.25, -0.2) is 13.6 Å². The van der Waals surface area contributed by atoms with Gasteiger partial charge < -0.3 is 20.1 Å². The lowest BCUT2D eigenvalue weighted by atomic mass is 9.86. The van der Waals surface area contributed by atoms with Gasteiger partial charge in [-0.2, -0.15) is 9.49 Å². The number of morpholine rings is 1. The topological polar surface area (TPSA) is 156 Å². The van der Waals surface area contributed by atoms with Gasteiger partial charge in [-0.15, -0.1) is 0 Å². The van der Waals surface area contributed by atoms with Gasteiger partial charge >= 0.3 is 5.69 Å². The molecule has 0 radical (unpaired) electrons. The van der Waals surface area contributed by atoms with E-state index < -0.39 is 46.6 Å². The number of phenolic OH excluding ortho intramolecular Hbond substituents is 1. The molecule has 1 aliphatic carbocycles. The van der Waals surface area contributed by atoms with E-state index in [1.807, 2.05) is 22.9 Å². The molecule has 3 aromatic carbocycles. The molecule has 3 amide bonds. The largest absolute Gasteiger partial charge is 0.503 e. The third-order valence-electron chi connectivity index (χ3n) is 12.9. The summed E-state index contributed by atoms with van der Waals surface area (Å²) >= 11 is 0. The fourth-order valence-electron chi connectivity index (χ4n) is 9.54. The number of piperidine rings is 1. The summed E-state index contributed by atoms with van der Waals surface area (Å²) in [5.41, 5.74) is 3.31. The molecule has 17 heteroatoms. The van der Waals surface area contributed by atoms with Crippen molar-refractivity contribution >= 4 is 45.3 Å². The summed E-state index contributed by atoms with van der Waals surface area (Å²) in [6.45, 7) is 5.12. The number of aromatic hydroxyl groups is 1. The van der Waals surface area contributed by atoms with Crippen LogP contribution in [-0.2, 0) is 27.8 Å². The fourth-order valence-corrected chi connectivity index (χ4v) is 9.54. The molecule has 4 aliphatic rings. The number of anilines is 1. The number of nitrogens with zero attached hydrogens (tertiary/aromatic N) is 6. The first-order chi connectivity index (χ1) is 28.9. The Morgan fingerprint density at radius 3 is 2.57 bits per heavy atom.